The minimum Gasteiger partial charge on any atom is -0.391 e. The van der Waals surface area contributed by atoms with Gasteiger partial charge in [0.1, 0.15) is 30.2 Å². The van der Waals surface area contributed by atoms with Crippen LogP contribution in [0.4, 0.5) is 0 Å². The molecule has 0 aromatic heterocycles. The minimum absolute atomic E-state index is 0.0521. The standard InChI is InChI=1S/C33H64N12O9/c1-16(2)14-20(35)28(50)44-26(19(6)47)32(54)45-25(18(5)46)31(53)42-21(10-7-8-12-34)29(51)40-15-23(48)41-22(11-9-13-39-33(37)38)30(52)43-24(17(3)4)27(36)49/h16-22,24-26,46-47H,7-15,34-35H2,1-6H3,(H2,36,49)(H,40,51)(H,41,48)(H,42,53)(H,43,52)(H,44,50)(H,45,54)(H4,37,38,39)/t18-,19-,20+,21+,22+,24+,25+,26+/m1/s1. The molecule has 0 bridgehead atoms. The van der Waals surface area contributed by atoms with Crippen molar-refractivity contribution in [1.82, 2.24) is 31.9 Å². The molecule has 0 heterocycles. The van der Waals surface area contributed by atoms with Crippen LogP contribution < -0.4 is 60.6 Å². The lowest BCUT2D eigenvalue weighted by Gasteiger charge is -2.28. The molecule has 8 atom stereocenters. The first-order valence-electron chi connectivity index (χ1n) is 18.1. The zero-order valence-electron chi connectivity index (χ0n) is 32.2. The highest BCUT2D eigenvalue weighted by Crippen LogP contribution is 2.08. The number of aliphatic hydroxyl groups is 2. The number of unbranched alkanes of at least 4 members (excludes halogenated alkanes) is 1. The average molecular weight is 773 g/mol. The molecule has 0 spiro atoms. The van der Waals surface area contributed by atoms with E-state index in [2.05, 4.69) is 36.9 Å². The molecule has 0 aliphatic carbocycles. The van der Waals surface area contributed by atoms with Crippen molar-refractivity contribution in [2.45, 2.75) is 129 Å². The predicted octanol–water partition coefficient (Wildman–Crippen LogP) is -5.01. The van der Waals surface area contributed by atoms with Crippen LogP contribution in [0, 0.1) is 11.8 Å². The Hall–Kier alpha value is -4.60. The average Bonchev–Trinajstić information content (AvgIpc) is 3.06. The van der Waals surface area contributed by atoms with E-state index in [-0.39, 0.29) is 50.1 Å². The number of primary amides is 1. The van der Waals surface area contributed by atoms with Gasteiger partial charge in [-0.25, -0.2) is 0 Å². The molecule has 0 rings (SSSR count). The summed E-state index contributed by atoms with van der Waals surface area (Å²) in [5.74, 6) is -6.18. The van der Waals surface area contributed by atoms with Gasteiger partial charge >= 0.3 is 0 Å². The normalized spacial score (nSPS) is 15.6. The number of nitrogens with one attached hydrogen (secondary N) is 6. The molecule has 54 heavy (non-hydrogen) atoms. The number of hydrogen-bond donors (Lipinski definition) is 13. The fraction of sp³-hybridized carbons (Fsp3) is 0.758. The van der Waals surface area contributed by atoms with E-state index in [0.717, 1.165) is 0 Å². The van der Waals surface area contributed by atoms with Crippen LogP contribution in [-0.2, 0) is 33.6 Å². The van der Waals surface area contributed by atoms with Gasteiger partial charge in [-0.15, -0.1) is 0 Å². The Morgan fingerprint density at radius 3 is 1.61 bits per heavy atom. The van der Waals surface area contributed by atoms with Crippen LogP contribution in [0.3, 0.4) is 0 Å². The van der Waals surface area contributed by atoms with Gasteiger partial charge in [-0.05, 0) is 70.8 Å². The van der Waals surface area contributed by atoms with Crippen molar-refractivity contribution in [3.63, 3.8) is 0 Å². The highest BCUT2D eigenvalue weighted by atomic mass is 16.3. The zero-order valence-corrected chi connectivity index (χ0v) is 32.2. The van der Waals surface area contributed by atoms with E-state index in [1.807, 2.05) is 13.8 Å². The Balaban J connectivity index is 5.86. The molecule has 0 fully saturated rings. The number of carbonyl (C=O) groups is 7. The Kier molecular flexibility index (Phi) is 23.3. The summed E-state index contributed by atoms with van der Waals surface area (Å²) in [5.41, 5.74) is 27.6. The van der Waals surface area contributed by atoms with Gasteiger partial charge in [0.2, 0.25) is 41.4 Å². The summed E-state index contributed by atoms with van der Waals surface area (Å²) in [6.45, 7) is 9.30. The van der Waals surface area contributed by atoms with Crippen molar-refractivity contribution in [3.05, 3.63) is 0 Å². The van der Waals surface area contributed by atoms with Gasteiger partial charge in [-0.1, -0.05) is 27.7 Å². The summed E-state index contributed by atoms with van der Waals surface area (Å²) in [7, 11) is 0. The first kappa shape index (κ1) is 49.4. The van der Waals surface area contributed by atoms with Gasteiger partial charge < -0.3 is 70.8 Å². The van der Waals surface area contributed by atoms with Crippen molar-refractivity contribution in [2.24, 2.45) is 45.5 Å². The molecular weight excluding hydrogens is 708 g/mol. The summed E-state index contributed by atoms with van der Waals surface area (Å²) in [5, 5.41) is 35.2. The molecule has 0 aliphatic heterocycles. The fourth-order valence-corrected chi connectivity index (χ4v) is 5.08. The largest absolute Gasteiger partial charge is 0.391 e. The molecule has 0 saturated heterocycles. The molecular formula is C33H64N12O9. The van der Waals surface area contributed by atoms with Gasteiger partial charge in [-0.2, -0.15) is 0 Å². The van der Waals surface area contributed by atoms with Crippen LogP contribution in [-0.4, -0.2) is 126 Å². The van der Waals surface area contributed by atoms with Gasteiger partial charge in [0, 0.05) is 6.54 Å². The van der Waals surface area contributed by atoms with Crippen LogP contribution >= 0.6 is 0 Å². The smallest absolute Gasteiger partial charge is 0.245 e. The SMILES string of the molecule is CC(C)C[C@H](N)C(=O)N[C@H](C(=O)N[C@H](C(=O)N[C@@H](CCCCN)C(=O)NCC(=O)N[C@@H](CCCN=C(N)N)C(=O)N[C@H](C(N)=O)C(C)C)[C@@H](C)O)[C@@H](C)O. The van der Waals surface area contributed by atoms with E-state index in [1.165, 1.54) is 13.8 Å². The number of aliphatic hydroxyl groups excluding tert-OH is 2. The van der Waals surface area contributed by atoms with Crippen LogP contribution in [0.25, 0.3) is 0 Å². The van der Waals surface area contributed by atoms with Crippen molar-refractivity contribution in [2.75, 3.05) is 19.6 Å². The van der Waals surface area contributed by atoms with Crippen LogP contribution in [0.15, 0.2) is 4.99 Å². The Morgan fingerprint density at radius 1 is 0.630 bits per heavy atom. The zero-order chi connectivity index (χ0) is 41.7. The number of amides is 7. The third-order valence-corrected chi connectivity index (χ3v) is 8.06. The molecule has 7 amide bonds. The second-order valence-electron chi connectivity index (χ2n) is 14.0. The van der Waals surface area contributed by atoms with E-state index in [9.17, 15) is 43.8 Å². The molecule has 0 radical (unpaired) electrons. The summed E-state index contributed by atoms with van der Waals surface area (Å²) < 4.78 is 0. The molecule has 0 unspecified atom stereocenters. The highest BCUT2D eigenvalue weighted by Gasteiger charge is 2.35. The molecule has 21 heteroatoms. The lowest BCUT2D eigenvalue weighted by Crippen LogP contribution is -2.62. The van der Waals surface area contributed by atoms with Crippen LogP contribution in [0.1, 0.15) is 80.1 Å². The number of hydrogen-bond acceptors (Lipinski definition) is 12. The van der Waals surface area contributed by atoms with Gasteiger partial charge in [0.15, 0.2) is 5.96 Å². The van der Waals surface area contributed by atoms with E-state index in [1.54, 1.807) is 13.8 Å². The summed E-state index contributed by atoms with van der Waals surface area (Å²) in [4.78, 5) is 94.2. The third kappa shape index (κ3) is 19.5. The molecule has 21 nitrogen and oxygen atoms in total. The molecule has 0 aliphatic rings. The summed E-state index contributed by atoms with van der Waals surface area (Å²) >= 11 is 0. The van der Waals surface area contributed by atoms with Crippen LogP contribution in [0.5, 0.6) is 0 Å². The second kappa shape index (κ2) is 25.4. The van der Waals surface area contributed by atoms with Crippen molar-refractivity contribution in [1.29, 1.82) is 0 Å². The van der Waals surface area contributed by atoms with E-state index >= 15 is 0 Å². The second-order valence-corrected chi connectivity index (χ2v) is 14.0. The van der Waals surface area contributed by atoms with Gasteiger partial charge in [-0.3, -0.25) is 38.6 Å². The Labute approximate surface area is 316 Å². The maximum atomic E-state index is 13.4. The van der Waals surface area contributed by atoms with Crippen molar-refractivity contribution < 1.29 is 43.8 Å². The number of guanidine groups is 1. The van der Waals surface area contributed by atoms with Gasteiger partial charge in [0.05, 0.1) is 24.8 Å². The lowest BCUT2D eigenvalue weighted by atomic mass is 10.0. The van der Waals surface area contributed by atoms with E-state index in [0.29, 0.717) is 19.3 Å². The molecule has 18 N–H and O–H groups in total. The molecule has 0 aromatic rings. The number of aliphatic imine (C=N–C) groups is 1. The highest BCUT2D eigenvalue weighted by molar-refractivity contribution is 5.96. The van der Waals surface area contributed by atoms with E-state index < -0.39 is 96.4 Å². The third-order valence-electron chi connectivity index (χ3n) is 8.06. The number of rotatable bonds is 26. The fourth-order valence-electron chi connectivity index (χ4n) is 5.08. The maximum Gasteiger partial charge on any atom is 0.245 e. The topological polar surface area (TPSA) is 375 Å². The quantitative estimate of drug-likeness (QED) is 0.0223. The number of nitrogens with two attached hydrogens (primary N) is 5. The number of nitrogens with zero attached hydrogens (tertiary/aromatic N) is 1. The monoisotopic (exact) mass is 772 g/mol. The number of carbonyl (C=O) groups excluding carboxylic acids is 7. The Morgan fingerprint density at radius 2 is 1.13 bits per heavy atom. The molecule has 0 aromatic carbocycles. The minimum atomic E-state index is -1.64. The summed E-state index contributed by atoms with van der Waals surface area (Å²) in [6.07, 6.45) is -1.39. The van der Waals surface area contributed by atoms with E-state index in [4.69, 9.17) is 28.7 Å². The lowest BCUT2D eigenvalue weighted by molar-refractivity contribution is -0.137. The van der Waals surface area contributed by atoms with Crippen molar-refractivity contribution >= 4 is 47.3 Å². The van der Waals surface area contributed by atoms with Gasteiger partial charge in [0.25, 0.3) is 0 Å². The summed E-state index contributed by atoms with van der Waals surface area (Å²) in [6, 6.07) is -7.59. The van der Waals surface area contributed by atoms with Crippen molar-refractivity contribution in [3.8, 4) is 0 Å². The first-order chi connectivity index (χ1) is 25.1. The Bertz CT molecular complexity index is 1280. The predicted molar refractivity (Wildman–Crippen MR) is 200 cm³/mol. The first-order valence-corrected chi connectivity index (χ1v) is 18.1. The van der Waals surface area contributed by atoms with Crippen LogP contribution in [0.2, 0.25) is 0 Å². The maximum absolute atomic E-state index is 13.4. The molecule has 0 saturated carbocycles. The molecule has 310 valence electrons.